The Hall–Kier alpha value is -4.43. The van der Waals surface area contributed by atoms with Gasteiger partial charge in [0.05, 0.1) is 10.6 Å². The van der Waals surface area contributed by atoms with E-state index in [1.54, 1.807) is 24.3 Å². The fraction of sp³-hybridized carbons (Fsp3) is 0.297. The van der Waals surface area contributed by atoms with Gasteiger partial charge in [-0.2, -0.15) is 0 Å². The molecule has 2 amide bonds. The monoisotopic (exact) mass is 625 g/mol. The number of benzene rings is 4. The van der Waals surface area contributed by atoms with Crippen LogP contribution in [0, 0.1) is 20.8 Å². The number of nitrogens with one attached hydrogen (secondary N) is 1. The van der Waals surface area contributed by atoms with Crippen molar-refractivity contribution in [2.75, 3.05) is 17.4 Å². The Balaban J connectivity index is 1.81. The van der Waals surface area contributed by atoms with Gasteiger partial charge in [-0.25, -0.2) is 8.42 Å². The maximum Gasteiger partial charge on any atom is 0.264 e. The molecular weight excluding hydrogens is 582 g/mol. The van der Waals surface area contributed by atoms with E-state index in [1.165, 1.54) is 21.3 Å². The summed E-state index contributed by atoms with van der Waals surface area (Å²) in [7, 11) is -4.14. The fourth-order valence-electron chi connectivity index (χ4n) is 5.17. The first-order valence-electron chi connectivity index (χ1n) is 15.4. The van der Waals surface area contributed by atoms with Crippen LogP contribution in [0.1, 0.15) is 47.6 Å². The second-order valence-corrected chi connectivity index (χ2v) is 13.3. The molecule has 0 unspecified atom stereocenters. The normalized spacial score (nSPS) is 11.9. The van der Waals surface area contributed by atoms with Gasteiger partial charge in [0.1, 0.15) is 12.6 Å². The van der Waals surface area contributed by atoms with Crippen molar-refractivity contribution < 1.29 is 18.0 Å². The average molecular weight is 626 g/mol. The quantitative estimate of drug-likeness (QED) is 0.165. The molecular formula is C37H43N3O4S. The summed E-state index contributed by atoms with van der Waals surface area (Å²) in [5.74, 6) is -0.737. The zero-order valence-electron chi connectivity index (χ0n) is 26.6. The molecule has 4 rings (SSSR count). The van der Waals surface area contributed by atoms with Crippen LogP contribution in [-0.4, -0.2) is 44.3 Å². The number of anilines is 1. The zero-order valence-corrected chi connectivity index (χ0v) is 27.4. The molecule has 0 aliphatic heterocycles. The van der Waals surface area contributed by atoms with E-state index >= 15 is 0 Å². The summed E-state index contributed by atoms with van der Waals surface area (Å²) in [5, 5.41) is 3.03. The highest BCUT2D eigenvalue weighted by molar-refractivity contribution is 7.92. The number of unbranched alkanes of at least 4 members (excludes halogenated alkanes) is 1. The first kappa shape index (κ1) is 33.5. The predicted octanol–water partition coefficient (Wildman–Crippen LogP) is 6.36. The first-order valence-corrected chi connectivity index (χ1v) is 16.9. The molecule has 7 nitrogen and oxygen atoms in total. The molecule has 0 aromatic heterocycles. The smallest absolute Gasteiger partial charge is 0.264 e. The van der Waals surface area contributed by atoms with Crippen LogP contribution in [0.25, 0.3) is 0 Å². The van der Waals surface area contributed by atoms with Gasteiger partial charge in [0.25, 0.3) is 10.0 Å². The molecule has 0 spiro atoms. The van der Waals surface area contributed by atoms with Gasteiger partial charge in [-0.1, -0.05) is 104 Å². The Bertz CT molecular complexity index is 1670. The minimum atomic E-state index is -4.14. The van der Waals surface area contributed by atoms with E-state index < -0.39 is 28.5 Å². The second-order valence-electron chi connectivity index (χ2n) is 11.5. The third-order valence-corrected chi connectivity index (χ3v) is 9.59. The lowest BCUT2D eigenvalue weighted by atomic mass is 10.0. The molecule has 0 aliphatic carbocycles. The summed E-state index contributed by atoms with van der Waals surface area (Å²) in [6.45, 7) is 7.92. The number of sulfonamides is 1. The first-order chi connectivity index (χ1) is 21.6. The summed E-state index contributed by atoms with van der Waals surface area (Å²) in [4.78, 5) is 30.1. The molecule has 8 heteroatoms. The topological polar surface area (TPSA) is 86.8 Å². The summed E-state index contributed by atoms with van der Waals surface area (Å²) >= 11 is 0. The number of carbonyl (C=O) groups is 2. The minimum absolute atomic E-state index is 0.0851. The molecule has 0 fully saturated rings. The SMILES string of the molecule is CCCCNC(=O)[C@H](Cc1ccccc1)N(Cc1ccc(C)cc1)C(=O)CN(c1cc(C)ccc1C)S(=O)(=O)c1ccccc1. The third kappa shape index (κ3) is 8.82. The van der Waals surface area contributed by atoms with Crippen LogP contribution in [-0.2, 0) is 32.6 Å². The van der Waals surface area contributed by atoms with Gasteiger partial charge in [-0.15, -0.1) is 0 Å². The maximum absolute atomic E-state index is 14.6. The van der Waals surface area contributed by atoms with Gasteiger partial charge in [0.2, 0.25) is 11.8 Å². The third-order valence-electron chi connectivity index (χ3n) is 7.82. The van der Waals surface area contributed by atoms with Crippen molar-refractivity contribution in [1.82, 2.24) is 10.2 Å². The lowest BCUT2D eigenvalue weighted by molar-refractivity contribution is -0.140. The highest BCUT2D eigenvalue weighted by Gasteiger charge is 2.35. The van der Waals surface area contributed by atoms with Gasteiger partial charge in [0.15, 0.2) is 0 Å². The number of amides is 2. The molecule has 0 aliphatic rings. The van der Waals surface area contributed by atoms with Crippen LogP contribution in [0.4, 0.5) is 5.69 Å². The highest BCUT2D eigenvalue weighted by Crippen LogP contribution is 2.29. The number of nitrogens with zero attached hydrogens (tertiary/aromatic N) is 2. The van der Waals surface area contributed by atoms with E-state index in [4.69, 9.17) is 0 Å². The fourth-order valence-corrected chi connectivity index (χ4v) is 6.66. The Kier molecular flexibility index (Phi) is 11.5. The Morgan fingerprint density at radius 1 is 0.778 bits per heavy atom. The molecule has 0 bridgehead atoms. The average Bonchev–Trinajstić information content (AvgIpc) is 3.04. The number of rotatable bonds is 14. The maximum atomic E-state index is 14.6. The lowest BCUT2D eigenvalue weighted by Gasteiger charge is -2.34. The predicted molar refractivity (Wildman–Crippen MR) is 180 cm³/mol. The zero-order chi connectivity index (χ0) is 32.4. The van der Waals surface area contributed by atoms with Gasteiger partial charge in [-0.3, -0.25) is 13.9 Å². The van der Waals surface area contributed by atoms with E-state index in [-0.39, 0.29) is 23.8 Å². The Labute approximate surface area is 268 Å². The molecule has 236 valence electrons. The van der Waals surface area contributed by atoms with E-state index in [0.717, 1.165) is 40.7 Å². The summed E-state index contributed by atoms with van der Waals surface area (Å²) < 4.78 is 29.6. The summed E-state index contributed by atoms with van der Waals surface area (Å²) in [6.07, 6.45) is 2.01. The highest BCUT2D eigenvalue weighted by atomic mass is 32.2. The molecule has 0 saturated carbocycles. The molecule has 1 N–H and O–H groups in total. The van der Waals surface area contributed by atoms with Crippen LogP contribution in [0.15, 0.2) is 108 Å². The van der Waals surface area contributed by atoms with Crippen LogP contribution >= 0.6 is 0 Å². The van der Waals surface area contributed by atoms with E-state index in [0.29, 0.717) is 12.2 Å². The number of carbonyl (C=O) groups excluding carboxylic acids is 2. The van der Waals surface area contributed by atoms with Gasteiger partial charge in [0, 0.05) is 19.5 Å². The van der Waals surface area contributed by atoms with Crippen LogP contribution in [0.3, 0.4) is 0 Å². The molecule has 4 aromatic rings. The van der Waals surface area contributed by atoms with E-state index in [9.17, 15) is 18.0 Å². The van der Waals surface area contributed by atoms with Crippen molar-refractivity contribution in [2.24, 2.45) is 0 Å². The van der Waals surface area contributed by atoms with Gasteiger partial charge in [-0.05, 0) is 67.6 Å². The molecule has 45 heavy (non-hydrogen) atoms. The van der Waals surface area contributed by atoms with Crippen LogP contribution < -0.4 is 9.62 Å². The molecule has 0 radical (unpaired) electrons. The molecule has 0 heterocycles. The van der Waals surface area contributed by atoms with Crippen molar-refractivity contribution in [3.63, 3.8) is 0 Å². The molecule has 4 aromatic carbocycles. The Morgan fingerprint density at radius 3 is 2.04 bits per heavy atom. The number of hydrogen-bond donors (Lipinski definition) is 1. The summed E-state index contributed by atoms with van der Waals surface area (Å²) in [6, 6.07) is 30.2. The van der Waals surface area contributed by atoms with Crippen molar-refractivity contribution in [2.45, 2.75) is 64.4 Å². The van der Waals surface area contributed by atoms with Crippen molar-refractivity contribution in [3.05, 3.63) is 131 Å². The van der Waals surface area contributed by atoms with E-state index in [2.05, 4.69) is 12.2 Å². The Morgan fingerprint density at radius 2 is 1.40 bits per heavy atom. The van der Waals surface area contributed by atoms with Crippen molar-refractivity contribution in [1.29, 1.82) is 0 Å². The van der Waals surface area contributed by atoms with Gasteiger partial charge >= 0.3 is 0 Å². The summed E-state index contributed by atoms with van der Waals surface area (Å²) in [5.41, 5.74) is 4.83. The standard InChI is InChI=1S/C37H43N3O4S/c1-5-6-23-38-37(42)35(25-31-13-9-7-10-14-31)39(26-32-21-18-28(2)19-22-32)36(41)27-40(34-24-29(3)17-20-30(34)4)45(43,44)33-15-11-8-12-16-33/h7-22,24,35H,5-6,23,25-27H2,1-4H3,(H,38,42)/t35-/m0/s1. The molecule has 1 atom stereocenters. The number of hydrogen-bond acceptors (Lipinski definition) is 4. The van der Waals surface area contributed by atoms with Crippen LogP contribution in [0.5, 0.6) is 0 Å². The van der Waals surface area contributed by atoms with Crippen LogP contribution in [0.2, 0.25) is 0 Å². The van der Waals surface area contributed by atoms with Gasteiger partial charge < -0.3 is 10.2 Å². The molecule has 0 saturated heterocycles. The second kappa shape index (κ2) is 15.5. The van der Waals surface area contributed by atoms with E-state index in [1.807, 2.05) is 87.5 Å². The van der Waals surface area contributed by atoms with Crippen molar-refractivity contribution in [3.8, 4) is 0 Å². The number of aryl methyl sites for hydroxylation is 3. The lowest BCUT2D eigenvalue weighted by Crippen LogP contribution is -2.53. The van der Waals surface area contributed by atoms with Crippen molar-refractivity contribution >= 4 is 27.5 Å². The minimum Gasteiger partial charge on any atom is -0.354 e. The largest absolute Gasteiger partial charge is 0.354 e.